The first-order valence-electron chi connectivity index (χ1n) is 10.7. The summed E-state index contributed by atoms with van der Waals surface area (Å²) in [7, 11) is 0. The van der Waals surface area contributed by atoms with Crippen molar-refractivity contribution in [1.82, 2.24) is 29.3 Å². The Kier molecular flexibility index (Phi) is 5.46. The summed E-state index contributed by atoms with van der Waals surface area (Å²) < 4.78 is 9.02. The highest BCUT2D eigenvalue weighted by molar-refractivity contribution is 5.44. The van der Waals surface area contributed by atoms with Crippen molar-refractivity contribution in [1.29, 1.82) is 0 Å². The van der Waals surface area contributed by atoms with Crippen LogP contribution in [-0.4, -0.2) is 61.6 Å². The average molecular weight is 409 g/mol. The van der Waals surface area contributed by atoms with E-state index in [1.165, 1.54) is 12.8 Å². The summed E-state index contributed by atoms with van der Waals surface area (Å²) in [5.41, 5.74) is 2.73. The van der Waals surface area contributed by atoms with Gasteiger partial charge >= 0.3 is 0 Å². The van der Waals surface area contributed by atoms with Gasteiger partial charge in [0.15, 0.2) is 5.65 Å². The second-order valence-electron chi connectivity index (χ2n) is 8.00. The highest BCUT2D eigenvalue weighted by atomic mass is 16.5. The Hall–Kier alpha value is -2.78. The standard InChI is InChI=1S/C21H27N7O2/c29-20-13-16-15-30-12-7-18(16)25-28(20)11-10-26-8-3-1-5-17(26)14-22-21-24-23-19-6-2-4-9-27(19)21/h2,4,6,9,13,17H,1,3,5,7-8,10-12,14-15H2,(H,22,24). The number of hydrogen-bond donors (Lipinski definition) is 1. The first kappa shape index (κ1) is 19.2. The van der Waals surface area contributed by atoms with Gasteiger partial charge in [0.25, 0.3) is 5.56 Å². The van der Waals surface area contributed by atoms with Gasteiger partial charge in [-0.15, -0.1) is 10.2 Å². The number of pyridine rings is 1. The largest absolute Gasteiger partial charge is 0.376 e. The van der Waals surface area contributed by atoms with E-state index in [1.807, 2.05) is 28.8 Å². The van der Waals surface area contributed by atoms with Gasteiger partial charge in [0.05, 0.1) is 25.5 Å². The van der Waals surface area contributed by atoms with E-state index in [4.69, 9.17) is 4.74 Å². The zero-order valence-corrected chi connectivity index (χ0v) is 17.0. The summed E-state index contributed by atoms with van der Waals surface area (Å²) >= 11 is 0. The van der Waals surface area contributed by atoms with Gasteiger partial charge in [-0.2, -0.15) is 5.10 Å². The smallest absolute Gasteiger partial charge is 0.267 e. The molecule has 0 aliphatic carbocycles. The molecule has 3 aromatic heterocycles. The van der Waals surface area contributed by atoms with Crippen LogP contribution in [0.25, 0.3) is 5.65 Å². The molecule has 2 aliphatic heterocycles. The molecule has 0 amide bonds. The van der Waals surface area contributed by atoms with Crippen LogP contribution in [0.5, 0.6) is 0 Å². The van der Waals surface area contributed by atoms with Gasteiger partial charge in [0.1, 0.15) is 0 Å². The number of ether oxygens (including phenoxy) is 1. The number of hydrogen-bond acceptors (Lipinski definition) is 7. The number of likely N-dealkylation sites (tertiary alicyclic amines) is 1. The first-order valence-corrected chi connectivity index (χ1v) is 10.7. The summed E-state index contributed by atoms with van der Waals surface area (Å²) in [6.45, 7) is 4.44. The van der Waals surface area contributed by atoms with E-state index in [-0.39, 0.29) is 5.56 Å². The van der Waals surface area contributed by atoms with Gasteiger partial charge < -0.3 is 10.1 Å². The van der Waals surface area contributed by atoms with Crippen LogP contribution in [0.15, 0.2) is 35.3 Å². The molecule has 5 rings (SSSR count). The summed E-state index contributed by atoms with van der Waals surface area (Å²) in [6, 6.07) is 7.97. The minimum atomic E-state index is -0.0409. The van der Waals surface area contributed by atoms with E-state index in [0.29, 0.717) is 25.8 Å². The Morgan fingerprint density at radius 3 is 3.13 bits per heavy atom. The second kappa shape index (κ2) is 8.53. The summed E-state index contributed by atoms with van der Waals surface area (Å²) in [6.07, 6.45) is 6.29. The molecule has 5 heterocycles. The SMILES string of the molecule is O=c1cc2c(nn1CCN1CCCCC1CNc1nnc3ccccn13)CCOC2. The number of nitrogens with one attached hydrogen (secondary N) is 1. The van der Waals surface area contributed by atoms with Crippen molar-refractivity contribution in [2.24, 2.45) is 0 Å². The molecule has 9 nitrogen and oxygen atoms in total. The molecule has 1 unspecified atom stereocenters. The van der Waals surface area contributed by atoms with E-state index in [0.717, 1.165) is 55.3 Å². The van der Waals surface area contributed by atoms with Gasteiger partial charge in [0, 0.05) is 43.4 Å². The van der Waals surface area contributed by atoms with Crippen LogP contribution >= 0.6 is 0 Å². The highest BCUT2D eigenvalue weighted by Crippen LogP contribution is 2.18. The minimum Gasteiger partial charge on any atom is -0.376 e. The predicted octanol–water partition coefficient (Wildman–Crippen LogP) is 1.33. The lowest BCUT2D eigenvalue weighted by atomic mass is 10.0. The average Bonchev–Trinajstić information content (AvgIpc) is 3.20. The molecule has 9 heteroatoms. The number of fused-ring (bicyclic) bond motifs is 2. The third kappa shape index (κ3) is 3.95. The Balaban J connectivity index is 1.24. The molecule has 1 N–H and O–H groups in total. The zero-order valence-electron chi connectivity index (χ0n) is 17.0. The molecule has 0 aromatic carbocycles. The van der Waals surface area contributed by atoms with Crippen molar-refractivity contribution in [3.8, 4) is 0 Å². The maximum Gasteiger partial charge on any atom is 0.267 e. The molecule has 158 valence electrons. The lowest BCUT2D eigenvalue weighted by molar-refractivity contribution is 0.107. The lowest BCUT2D eigenvalue weighted by Gasteiger charge is -2.35. The Morgan fingerprint density at radius 1 is 1.20 bits per heavy atom. The Morgan fingerprint density at radius 2 is 2.17 bits per heavy atom. The zero-order chi connectivity index (χ0) is 20.3. The number of rotatable bonds is 6. The van der Waals surface area contributed by atoms with Crippen molar-refractivity contribution < 1.29 is 4.74 Å². The molecule has 0 bridgehead atoms. The number of aromatic nitrogens is 5. The van der Waals surface area contributed by atoms with Gasteiger partial charge in [-0.3, -0.25) is 14.1 Å². The molecular formula is C21H27N7O2. The summed E-state index contributed by atoms with van der Waals surface area (Å²) in [4.78, 5) is 14.9. The van der Waals surface area contributed by atoms with Crippen LogP contribution in [0.4, 0.5) is 5.95 Å². The van der Waals surface area contributed by atoms with E-state index in [1.54, 1.807) is 10.7 Å². The van der Waals surface area contributed by atoms with Gasteiger partial charge in [-0.25, -0.2) is 4.68 Å². The van der Waals surface area contributed by atoms with Gasteiger partial charge in [0.2, 0.25) is 5.95 Å². The molecule has 0 saturated carbocycles. The van der Waals surface area contributed by atoms with Crippen LogP contribution in [0.1, 0.15) is 30.5 Å². The first-order chi connectivity index (χ1) is 14.8. The van der Waals surface area contributed by atoms with Crippen molar-refractivity contribution in [2.45, 2.75) is 44.9 Å². The molecule has 1 fully saturated rings. The second-order valence-corrected chi connectivity index (χ2v) is 8.00. The van der Waals surface area contributed by atoms with Crippen molar-refractivity contribution in [3.05, 3.63) is 52.1 Å². The molecule has 1 saturated heterocycles. The van der Waals surface area contributed by atoms with Crippen molar-refractivity contribution in [3.63, 3.8) is 0 Å². The van der Waals surface area contributed by atoms with Crippen LogP contribution in [0.2, 0.25) is 0 Å². The number of nitrogens with zero attached hydrogens (tertiary/aromatic N) is 6. The van der Waals surface area contributed by atoms with Gasteiger partial charge in [-0.1, -0.05) is 12.5 Å². The maximum absolute atomic E-state index is 12.4. The number of anilines is 1. The van der Waals surface area contributed by atoms with E-state index in [2.05, 4.69) is 25.5 Å². The Bertz CT molecular complexity index is 1080. The van der Waals surface area contributed by atoms with Crippen molar-refractivity contribution in [2.75, 3.05) is 31.6 Å². The van der Waals surface area contributed by atoms with E-state index in [9.17, 15) is 4.79 Å². The Labute approximate surface area is 174 Å². The lowest BCUT2D eigenvalue weighted by Crippen LogP contribution is -2.46. The molecule has 0 radical (unpaired) electrons. The van der Waals surface area contributed by atoms with Crippen molar-refractivity contribution >= 4 is 11.6 Å². The summed E-state index contributed by atoms with van der Waals surface area (Å²) in [5.74, 6) is 0.769. The van der Waals surface area contributed by atoms with Crippen LogP contribution in [0, 0.1) is 0 Å². The molecule has 3 aromatic rings. The monoisotopic (exact) mass is 409 g/mol. The molecular weight excluding hydrogens is 382 g/mol. The van der Waals surface area contributed by atoms with Crippen LogP contribution < -0.4 is 10.9 Å². The maximum atomic E-state index is 12.4. The molecule has 30 heavy (non-hydrogen) atoms. The van der Waals surface area contributed by atoms with Crippen LogP contribution in [0.3, 0.4) is 0 Å². The topological polar surface area (TPSA) is 89.6 Å². The predicted molar refractivity (Wildman–Crippen MR) is 113 cm³/mol. The van der Waals surface area contributed by atoms with Crippen LogP contribution in [-0.2, 0) is 24.3 Å². The fourth-order valence-electron chi connectivity index (χ4n) is 4.39. The van der Waals surface area contributed by atoms with E-state index < -0.39 is 0 Å². The normalized spacial score (nSPS) is 19.7. The molecule has 1 atom stereocenters. The third-order valence-electron chi connectivity index (χ3n) is 6.06. The number of piperidine rings is 1. The fraction of sp³-hybridized carbons (Fsp3) is 0.524. The minimum absolute atomic E-state index is 0.0409. The molecule has 2 aliphatic rings. The third-order valence-corrected chi connectivity index (χ3v) is 6.06. The fourth-order valence-corrected chi connectivity index (χ4v) is 4.39. The van der Waals surface area contributed by atoms with E-state index >= 15 is 0 Å². The molecule has 0 spiro atoms. The van der Waals surface area contributed by atoms with Gasteiger partial charge in [-0.05, 0) is 31.5 Å². The summed E-state index contributed by atoms with van der Waals surface area (Å²) in [5, 5.41) is 16.5. The quantitative estimate of drug-likeness (QED) is 0.657. The highest BCUT2D eigenvalue weighted by Gasteiger charge is 2.23.